The number of rotatable bonds is 4. The van der Waals surface area contributed by atoms with Gasteiger partial charge in [-0.3, -0.25) is 10.1 Å². The van der Waals surface area contributed by atoms with E-state index in [0.717, 1.165) is 31.7 Å². The largest absolute Gasteiger partial charge is 0.328 e. The summed E-state index contributed by atoms with van der Waals surface area (Å²) in [5, 5.41) is 13.8. The molecule has 3 N–H and O–H groups in total. The van der Waals surface area contributed by atoms with E-state index in [1.54, 1.807) is 0 Å². The molecule has 0 bridgehead atoms. The highest BCUT2D eigenvalue weighted by molar-refractivity contribution is 5.37. The minimum Gasteiger partial charge on any atom is -0.328 e. The van der Waals surface area contributed by atoms with E-state index in [1.807, 2.05) is 0 Å². The fourth-order valence-corrected chi connectivity index (χ4v) is 2.43. The molecule has 1 aliphatic carbocycles. The summed E-state index contributed by atoms with van der Waals surface area (Å²) in [6.07, 6.45) is 3.60. The molecule has 110 valence electrons. The molecule has 0 spiro atoms. The summed E-state index contributed by atoms with van der Waals surface area (Å²) in [7, 11) is 0. The van der Waals surface area contributed by atoms with Crippen LogP contribution in [0.4, 0.5) is 14.5 Å². The lowest BCUT2D eigenvalue weighted by Gasteiger charge is -2.27. The highest BCUT2D eigenvalue weighted by atomic mass is 19.1. The molecule has 1 fully saturated rings. The van der Waals surface area contributed by atoms with Gasteiger partial charge in [0.2, 0.25) is 5.82 Å². The second-order valence-corrected chi connectivity index (χ2v) is 5.14. The van der Waals surface area contributed by atoms with Crippen LogP contribution in [0.3, 0.4) is 0 Å². The lowest BCUT2D eigenvalue weighted by atomic mass is 9.92. The van der Waals surface area contributed by atoms with Crippen LogP contribution in [0.15, 0.2) is 12.1 Å². The van der Waals surface area contributed by atoms with Gasteiger partial charge in [0.05, 0.1) is 4.92 Å². The summed E-state index contributed by atoms with van der Waals surface area (Å²) < 4.78 is 26.8. The highest BCUT2D eigenvalue weighted by Crippen LogP contribution is 2.22. The SMILES string of the molecule is NC1CCC(NCc2cc([N+](=O)[O-])c(F)cc2F)CC1. The van der Waals surface area contributed by atoms with Crippen molar-refractivity contribution in [2.24, 2.45) is 5.73 Å². The Morgan fingerprint density at radius 1 is 1.25 bits per heavy atom. The first-order valence-electron chi connectivity index (χ1n) is 6.58. The summed E-state index contributed by atoms with van der Waals surface area (Å²) >= 11 is 0. The molecule has 7 heteroatoms. The Kier molecular flexibility index (Phi) is 4.61. The van der Waals surface area contributed by atoms with Crippen molar-refractivity contribution in [1.82, 2.24) is 5.32 Å². The van der Waals surface area contributed by atoms with Gasteiger partial charge in [-0.1, -0.05) is 0 Å². The van der Waals surface area contributed by atoms with Crippen LogP contribution in [0.5, 0.6) is 0 Å². The fourth-order valence-electron chi connectivity index (χ4n) is 2.43. The summed E-state index contributed by atoms with van der Waals surface area (Å²) in [5.74, 6) is -1.92. The maximum absolute atomic E-state index is 13.6. The minimum atomic E-state index is -1.15. The molecule has 0 saturated heterocycles. The van der Waals surface area contributed by atoms with Gasteiger partial charge in [-0.25, -0.2) is 4.39 Å². The molecule has 0 atom stereocenters. The molecule has 1 saturated carbocycles. The number of nitrogens with one attached hydrogen (secondary N) is 1. The lowest BCUT2D eigenvalue weighted by molar-refractivity contribution is -0.387. The van der Waals surface area contributed by atoms with Gasteiger partial charge in [-0.15, -0.1) is 0 Å². The van der Waals surface area contributed by atoms with Gasteiger partial charge in [0.1, 0.15) is 5.82 Å². The number of hydrogen-bond donors (Lipinski definition) is 2. The van der Waals surface area contributed by atoms with Crippen LogP contribution in [0, 0.1) is 21.7 Å². The molecular weight excluding hydrogens is 268 g/mol. The van der Waals surface area contributed by atoms with Gasteiger partial charge >= 0.3 is 5.69 Å². The number of nitro groups is 1. The highest BCUT2D eigenvalue weighted by Gasteiger charge is 2.21. The molecule has 5 nitrogen and oxygen atoms in total. The predicted molar refractivity (Wildman–Crippen MR) is 70.1 cm³/mol. The maximum atomic E-state index is 13.6. The van der Waals surface area contributed by atoms with Crippen LogP contribution in [0.2, 0.25) is 0 Å². The van der Waals surface area contributed by atoms with Crippen molar-refractivity contribution < 1.29 is 13.7 Å². The first-order valence-corrected chi connectivity index (χ1v) is 6.58. The number of nitrogens with two attached hydrogens (primary N) is 1. The third-order valence-corrected chi connectivity index (χ3v) is 3.67. The average molecular weight is 285 g/mol. The number of benzene rings is 1. The van der Waals surface area contributed by atoms with Gasteiger partial charge in [-0.05, 0) is 25.7 Å². The van der Waals surface area contributed by atoms with Gasteiger partial charge in [-0.2, -0.15) is 4.39 Å². The second-order valence-electron chi connectivity index (χ2n) is 5.14. The standard InChI is InChI=1S/C13H17F2N3O2/c14-11-6-12(15)13(18(19)20)5-8(11)7-17-10-3-1-9(16)2-4-10/h5-6,9-10,17H,1-4,7,16H2. The Morgan fingerprint density at radius 2 is 1.90 bits per heavy atom. The number of nitrogens with zero attached hydrogens (tertiary/aromatic N) is 1. The lowest BCUT2D eigenvalue weighted by Crippen LogP contribution is -2.37. The van der Waals surface area contributed by atoms with Gasteiger partial charge in [0, 0.05) is 36.3 Å². The number of hydrogen-bond acceptors (Lipinski definition) is 4. The Morgan fingerprint density at radius 3 is 2.50 bits per heavy atom. The molecule has 1 aromatic carbocycles. The first kappa shape index (κ1) is 14.8. The van der Waals surface area contributed by atoms with Crippen molar-refractivity contribution in [1.29, 1.82) is 0 Å². The first-order chi connectivity index (χ1) is 9.47. The smallest absolute Gasteiger partial charge is 0.305 e. The van der Waals surface area contributed by atoms with Crippen LogP contribution >= 0.6 is 0 Å². The number of nitro benzene ring substituents is 1. The molecule has 2 rings (SSSR count). The zero-order chi connectivity index (χ0) is 14.7. The van der Waals surface area contributed by atoms with Crippen LogP contribution in [-0.4, -0.2) is 17.0 Å². The van der Waals surface area contributed by atoms with Crippen molar-refractivity contribution in [3.05, 3.63) is 39.4 Å². The second kappa shape index (κ2) is 6.23. The summed E-state index contributed by atoms with van der Waals surface area (Å²) in [6.45, 7) is 0.146. The molecule has 0 unspecified atom stereocenters. The monoisotopic (exact) mass is 285 g/mol. The Bertz CT molecular complexity index is 503. The van der Waals surface area contributed by atoms with Crippen LogP contribution in [0.1, 0.15) is 31.2 Å². The third kappa shape index (κ3) is 3.49. The Hall–Kier alpha value is -1.60. The van der Waals surface area contributed by atoms with E-state index in [2.05, 4.69) is 5.32 Å². The van der Waals surface area contributed by atoms with Crippen LogP contribution < -0.4 is 11.1 Å². The van der Waals surface area contributed by atoms with Crippen molar-refractivity contribution in [2.45, 2.75) is 44.3 Å². The summed E-state index contributed by atoms with van der Waals surface area (Å²) in [4.78, 5) is 9.79. The van der Waals surface area contributed by atoms with Crippen molar-refractivity contribution in [2.75, 3.05) is 0 Å². The van der Waals surface area contributed by atoms with E-state index in [-0.39, 0.29) is 24.2 Å². The molecule has 0 amide bonds. The maximum Gasteiger partial charge on any atom is 0.305 e. The van der Waals surface area contributed by atoms with E-state index in [0.29, 0.717) is 6.07 Å². The molecule has 0 aromatic heterocycles. The van der Waals surface area contributed by atoms with Gasteiger partial charge < -0.3 is 11.1 Å². The minimum absolute atomic E-state index is 0.105. The van der Waals surface area contributed by atoms with Crippen molar-refractivity contribution in [3.63, 3.8) is 0 Å². The van der Waals surface area contributed by atoms with Crippen LogP contribution in [-0.2, 0) is 6.54 Å². The van der Waals surface area contributed by atoms with Crippen molar-refractivity contribution in [3.8, 4) is 0 Å². The fraction of sp³-hybridized carbons (Fsp3) is 0.538. The summed E-state index contributed by atoms with van der Waals surface area (Å²) in [6, 6.07) is 1.95. The molecule has 0 radical (unpaired) electrons. The predicted octanol–water partition coefficient (Wildman–Crippen LogP) is 2.23. The normalized spacial score (nSPS) is 22.8. The van der Waals surface area contributed by atoms with E-state index >= 15 is 0 Å². The Balaban J connectivity index is 2.02. The zero-order valence-corrected chi connectivity index (χ0v) is 10.9. The topological polar surface area (TPSA) is 81.2 Å². The van der Waals surface area contributed by atoms with E-state index in [1.165, 1.54) is 0 Å². The summed E-state index contributed by atoms with van der Waals surface area (Å²) in [5.41, 5.74) is 5.20. The van der Waals surface area contributed by atoms with E-state index in [9.17, 15) is 18.9 Å². The zero-order valence-electron chi connectivity index (χ0n) is 10.9. The quantitative estimate of drug-likeness (QED) is 0.656. The van der Waals surface area contributed by atoms with Gasteiger partial charge in [0.15, 0.2) is 0 Å². The molecule has 0 heterocycles. The van der Waals surface area contributed by atoms with E-state index in [4.69, 9.17) is 5.73 Å². The van der Waals surface area contributed by atoms with E-state index < -0.39 is 22.2 Å². The number of halogens is 2. The molecule has 20 heavy (non-hydrogen) atoms. The Labute approximate surface area is 115 Å². The van der Waals surface area contributed by atoms with Crippen LogP contribution in [0.25, 0.3) is 0 Å². The van der Waals surface area contributed by atoms with Gasteiger partial charge in [0.25, 0.3) is 0 Å². The molecule has 1 aromatic rings. The molecular formula is C13H17F2N3O2. The van der Waals surface area contributed by atoms with Crippen molar-refractivity contribution >= 4 is 5.69 Å². The average Bonchev–Trinajstić information content (AvgIpc) is 2.39. The molecule has 1 aliphatic rings. The third-order valence-electron chi connectivity index (χ3n) is 3.67. The molecule has 0 aliphatic heterocycles.